The highest BCUT2D eigenvalue weighted by Gasteiger charge is 2.22. The van der Waals surface area contributed by atoms with E-state index in [0.29, 0.717) is 0 Å². The van der Waals surface area contributed by atoms with Crippen molar-refractivity contribution in [1.29, 1.82) is 0 Å². The zero-order valence-electron chi connectivity index (χ0n) is 14.4. The monoisotopic (exact) mass is 310 g/mol. The van der Waals surface area contributed by atoms with Crippen LogP contribution in [0.25, 0.3) is 0 Å². The fourth-order valence-electron chi connectivity index (χ4n) is 3.29. The van der Waals surface area contributed by atoms with Crippen molar-refractivity contribution in [2.45, 2.75) is 40.0 Å². The van der Waals surface area contributed by atoms with Crippen molar-refractivity contribution >= 4 is 17.3 Å². The van der Waals surface area contributed by atoms with E-state index in [1.807, 2.05) is 6.92 Å². The summed E-state index contributed by atoms with van der Waals surface area (Å²) in [6.45, 7) is 9.51. The second-order valence-corrected chi connectivity index (χ2v) is 6.15. The molecule has 2 heterocycles. The van der Waals surface area contributed by atoms with E-state index in [4.69, 9.17) is 4.98 Å². The fourth-order valence-corrected chi connectivity index (χ4v) is 3.29. The molecule has 0 N–H and O–H groups in total. The molecule has 1 aromatic heterocycles. The first-order valence-electron chi connectivity index (χ1n) is 8.69. The van der Waals surface area contributed by atoms with E-state index in [2.05, 4.69) is 59.0 Å². The van der Waals surface area contributed by atoms with Crippen LogP contribution in [-0.2, 0) is 6.42 Å². The third kappa shape index (κ3) is 3.31. The Morgan fingerprint density at radius 2 is 1.83 bits per heavy atom. The fraction of sp³-hybridized carbons (Fsp3) is 0.474. The number of anilines is 3. The van der Waals surface area contributed by atoms with Crippen LogP contribution in [0.5, 0.6) is 0 Å². The van der Waals surface area contributed by atoms with Gasteiger partial charge in [0.05, 0.1) is 0 Å². The number of benzene rings is 1. The van der Waals surface area contributed by atoms with Gasteiger partial charge in [0.15, 0.2) is 0 Å². The molecule has 0 bridgehead atoms. The average Bonchev–Trinajstić information content (AvgIpc) is 2.98. The molecule has 0 unspecified atom stereocenters. The molecule has 0 atom stereocenters. The van der Waals surface area contributed by atoms with Gasteiger partial charge in [-0.15, -0.1) is 0 Å². The second-order valence-electron chi connectivity index (χ2n) is 6.15. The topological polar surface area (TPSA) is 32.3 Å². The molecular weight excluding hydrogens is 284 g/mol. The standard InChI is InChI=1S/C19H26N4/c1-4-11-22(12-5-2)18-14-19(21-15(3)20-18)23-13-10-16-8-6-7-9-17(16)23/h6-9,14H,4-5,10-13H2,1-3H3. The van der Waals surface area contributed by atoms with Crippen molar-refractivity contribution in [3.8, 4) is 0 Å². The SMILES string of the molecule is CCCN(CCC)c1cc(N2CCc3ccccc32)nc(C)n1. The summed E-state index contributed by atoms with van der Waals surface area (Å²) in [4.78, 5) is 14.1. The Balaban J connectivity index is 1.95. The maximum atomic E-state index is 4.71. The van der Waals surface area contributed by atoms with Gasteiger partial charge >= 0.3 is 0 Å². The first kappa shape index (κ1) is 15.8. The van der Waals surface area contributed by atoms with Crippen LogP contribution in [0.15, 0.2) is 30.3 Å². The van der Waals surface area contributed by atoms with Crippen LogP contribution < -0.4 is 9.80 Å². The van der Waals surface area contributed by atoms with E-state index in [1.165, 1.54) is 11.3 Å². The Morgan fingerprint density at radius 1 is 1.09 bits per heavy atom. The molecule has 23 heavy (non-hydrogen) atoms. The molecule has 0 amide bonds. The molecule has 0 spiro atoms. The van der Waals surface area contributed by atoms with Gasteiger partial charge in [0.1, 0.15) is 17.5 Å². The lowest BCUT2D eigenvalue weighted by molar-refractivity contribution is 0.729. The zero-order valence-corrected chi connectivity index (χ0v) is 14.4. The minimum atomic E-state index is 0.846. The summed E-state index contributed by atoms with van der Waals surface area (Å²) in [6, 6.07) is 10.8. The Labute approximate surface area is 139 Å². The zero-order chi connectivity index (χ0) is 16.2. The lowest BCUT2D eigenvalue weighted by atomic mass is 10.2. The molecule has 3 rings (SSSR count). The minimum Gasteiger partial charge on any atom is -0.356 e. The molecule has 0 radical (unpaired) electrons. The number of fused-ring (bicyclic) bond motifs is 1. The van der Waals surface area contributed by atoms with Crippen molar-refractivity contribution in [2.24, 2.45) is 0 Å². The number of aromatic nitrogens is 2. The van der Waals surface area contributed by atoms with Crippen molar-refractivity contribution < 1.29 is 0 Å². The lowest BCUT2D eigenvalue weighted by Crippen LogP contribution is -2.27. The highest BCUT2D eigenvalue weighted by molar-refractivity contribution is 5.69. The number of hydrogen-bond donors (Lipinski definition) is 0. The van der Waals surface area contributed by atoms with Crippen molar-refractivity contribution in [2.75, 3.05) is 29.4 Å². The van der Waals surface area contributed by atoms with Gasteiger partial charge in [-0.05, 0) is 37.8 Å². The molecule has 4 nitrogen and oxygen atoms in total. The van der Waals surface area contributed by atoms with Gasteiger partial charge < -0.3 is 9.80 Å². The van der Waals surface area contributed by atoms with E-state index >= 15 is 0 Å². The maximum absolute atomic E-state index is 4.71. The highest BCUT2D eigenvalue weighted by atomic mass is 15.2. The number of aryl methyl sites for hydroxylation is 1. The lowest BCUT2D eigenvalue weighted by Gasteiger charge is -2.25. The Bertz CT molecular complexity index is 662. The van der Waals surface area contributed by atoms with E-state index < -0.39 is 0 Å². The third-order valence-electron chi connectivity index (χ3n) is 4.29. The Kier molecular flexibility index (Phi) is 4.79. The Morgan fingerprint density at radius 3 is 2.57 bits per heavy atom. The van der Waals surface area contributed by atoms with Crippen LogP contribution >= 0.6 is 0 Å². The van der Waals surface area contributed by atoms with Gasteiger partial charge in [-0.25, -0.2) is 9.97 Å². The smallest absolute Gasteiger partial charge is 0.138 e. The molecule has 0 fully saturated rings. The Hall–Kier alpha value is -2.10. The van der Waals surface area contributed by atoms with Crippen LogP contribution in [0.2, 0.25) is 0 Å². The predicted molar refractivity (Wildman–Crippen MR) is 96.7 cm³/mol. The molecule has 0 aliphatic carbocycles. The van der Waals surface area contributed by atoms with Crippen LogP contribution in [0, 0.1) is 6.92 Å². The second kappa shape index (κ2) is 6.99. The van der Waals surface area contributed by atoms with Gasteiger partial charge in [0.25, 0.3) is 0 Å². The van der Waals surface area contributed by atoms with Crippen molar-refractivity contribution in [1.82, 2.24) is 9.97 Å². The number of nitrogens with zero attached hydrogens (tertiary/aromatic N) is 4. The summed E-state index contributed by atoms with van der Waals surface area (Å²) in [5.74, 6) is 2.93. The third-order valence-corrected chi connectivity index (χ3v) is 4.29. The van der Waals surface area contributed by atoms with Crippen LogP contribution in [0.1, 0.15) is 38.1 Å². The van der Waals surface area contributed by atoms with Gasteiger partial charge in [0, 0.05) is 31.4 Å². The van der Waals surface area contributed by atoms with Gasteiger partial charge in [0.2, 0.25) is 0 Å². The number of rotatable bonds is 6. The van der Waals surface area contributed by atoms with E-state index in [1.54, 1.807) is 0 Å². The molecule has 122 valence electrons. The summed E-state index contributed by atoms with van der Waals surface area (Å²) in [6.07, 6.45) is 3.35. The van der Waals surface area contributed by atoms with Crippen LogP contribution in [0.4, 0.5) is 17.3 Å². The van der Waals surface area contributed by atoms with Crippen LogP contribution in [-0.4, -0.2) is 29.6 Å². The van der Waals surface area contributed by atoms with E-state index in [9.17, 15) is 0 Å². The largest absolute Gasteiger partial charge is 0.356 e. The molecular formula is C19H26N4. The molecule has 0 saturated carbocycles. The van der Waals surface area contributed by atoms with Gasteiger partial charge in [-0.1, -0.05) is 32.0 Å². The van der Waals surface area contributed by atoms with Crippen molar-refractivity contribution in [3.63, 3.8) is 0 Å². The summed E-state index contributed by atoms with van der Waals surface area (Å²) in [5, 5.41) is 0. The number of hydrogen-bond acceptors (Lipinski definition) is 4. The molecule has 0 saturated heterocycles. The molecule has 1 aromatic carbocycles. The summed E-state index contributed by atoms with van der Waals surface area (Å²) in [5.41, 5.74) is 2.69. The van der Waals surface area contributed by atoms with E-state index in [-0.39, 0.29) is 0 Å². The van der Waals surface area contributed by atoms with Crippen LogP contribution in [0.3, 0.4) is 0 Å². The first-order chi connectivity index (χ1) is 11.2. The maximum Gasteiger partial charge on any atom is 0.138 e. The summed E-state index contributed by atoms with van der Waals surface area (Å²) >= 11 is 0. The summed E-state index contributed by atoms with van der Waals surface area (Å²) < 4.78 is 0. The molecule has 1 aliphatic heterocycles. The molecule has 4 heteroatoms. The summed E-state index contributed by atoms with van der Waals surface area (Å²) in [7, 11) is 0. The molecule has 1 aliphatic rings. The van der Waals surface area contributed by atoms with Crippen molar-refractivity contribution in [3.05, 3.63) is 41.7 Å². The predicted octanol–water partition coefficient (Wildman–Crippen LogP) is 4.11. The van der Waals surface area contributed by atoms with Gasteiger partial charge in [-0.3, -0.25) is 0 Å². The van der Waals surface area contributed by atoms with E-state index in [0.717, 1.165) is 56.4 Å². The highest BCUT2D eigenvalue weighted by Crippen LogP contribution is 2.34. The quantitative estimate of drug-likeness (QED) is 0.804. The average molecular weight is 310 g/mol. The van der Waals surface area contributed by atoms with Gasteiger partial charge in [-0.2, -0.15) is 0 Å². The first-order valence-corrected chi connectivity index (χ1v) is 8.69. The molecule has 2 aromatic rings. The number of para-hydroxylation sites is 1. The minimum absolute atomic E-state index is 0.846. The normalized spacial score (nSPS) is 13.3.